The Morgan fingerprint density at radius 2 is 2.04 bits per heavy atom. The van der Waals surface area contributed by atoms with Crippen molar-refractivity contribution in [3.63, 3.8) is 0 Å². The van der Waals surface area contributed by atoms with Gasteiger partial charge in [-0.05, 0) is 38.1 Å². The first-order valence-corrected chi connectivity index (χ1v) is 8.95. The van der Waals surface area contributed by atoms with Gasteiger partial charge in [-0.25, -0.2) is 0 Å². The molecular formula is C18H24N4O4. The number of aromatic nitrogens is 2. The topological polar surface area (TPSA) is 96.4 Å². The average molecular weight is 360 g/mol. The highest BCUT2D eigenvalue weighted by atomic mass is 16.5. The highest BCUT2D eigenvalue weighted by Gasteiger charge is 2.12. The van der Waals surface area contributed by atoms with E-state index in [1.807, 2.05) is 0 Å². The Hall–Kier alpha value is -2.45. The lowest BCUT2D eigenvalue weighted by Gasteiger charge is -2.26. The molecule has 2 heterocycles. The number of fused-ring (bicyclic) bond motifs is 1. The largest absolute Gasteiger partial charge is 0.379 e. The van der Waals surface area contributed by atoms with Crippen molar-refractivity contribution in [3.05, 3.63) is 44.5 Å². The minimum absolute atomic E-state index is 0.191. The van der Waals surface area contributed by atoms with Gasteiger partial charge in [-0.2, -0.15) is 0 Å². The molecule has 0 spiro atoms. The van der Waals surface area contributed by atoms with E-state index in [2.05, 4.69) is 15.2 Å². The molecule has 1 fully saturated rings. The maximum atomic E-state index is 12.3. The van der Waals surface area contributed by atoms with Crippen molar-refractivity contribution >= 4 is 16.9 Å². The minimum Gasteiger partial charge on any atom is -0.379 e. The normalized spacial score (nSPS) is 15.3. The van der Waals surface area contributed by atoms with Crippen LogP contribution in [0.5, 0.6) is 0 Å². The zero-order chi connectivity index (χ0) is 18.5. The maximum Gasteiger partial charge on any atom is 0.316 e. The molecule has 1 aliphatic heterocycles. The van der Waals surface area contributed by atoms with Gasteiger partial charge >= 0.3 is 11.1 Å². The van der Waals surface area contributed by atoms with Gasteiger partial charge in [0.05, 0.1) is 24.2 Å². The van der Waals surface area contributed by atoms with Crippen molar-refractivity contribution in [2.45, 2.75) is 19.9 Å². The molecule has 3 rings (SSSR count). The molecule has 0 bridgehead atoms. The number of amides is 1. The van der Waals surface area contributed by atoms with Crippen LogP contribution in [0.2, 0.25) is 0 Å². The number of rotatable bonds is 6. The zero-order valence-electron chi connectivity index (χ0n) is 14.9. The SMILES string of the molecule is CCn1c(=O)c(=O)[nH]c2cc(C(=O)NCCCN3CCOCC3)ccc21. The Morgan fingerprint density at radius 3 is 2.77 bits per heavy atom. The molecule has 0 unspecified atom stereocenters. The van der Waals surface area contributed by atoms with Crippen molar-refractivity contribution < 1.29 is 9.53 Å². The fraction of sp³-hybridized carbons (Fsp3) is 0.500. The second-order valence-electron chi connectivity index (χ2n) is 6.30. The van der Waals surface area contributed by atoms with Crippen LogP contribution in [0.25, 0.3) is 11.0 Å². The summed E-state index contributed by atoms with van der Waals surface area (Å²) in [5.41, 5.74) is 0.293. The number of benzene rings is 1. The number of nitrogens with zero attached hydrogens (tertiary/aromatic N) is 2. The lowest BCUT2D eigenvalue weighted by molar-refractivity contribution is 0.0374. The minimum atomic E-state index is -0.678. The first-order valence-electron chi connectivity index (χ1n) is 8.95. The number of ether oxygens (including phenoxy) is 1. The van der Waals surface area contributed by atoms with Crippen LogP contribution in [0.4, 0.5) is 0 Å². The number of carbonyl (C=O) groups is 1. The first-order chi connectivity index (χ1) is 12.6. The predicted octanol–water partition coefficient (Wildman–Crippen LogP) is 0.162. The standard InChI is InChI=1S/C18H24N4O4/c1-2-22-15-5-4-13(12-14(15)20-17(24)18(22)25)16(23)19-6-3-7-21-8-10-26-11-9-21/h4-5,12H,2-3,6-11H2,1H3,(H,19,23)(H,20,24). The molecule has 0 aliphatic carbocycles. The van der Waals surface area contributed by atoms with E-state index in [4.69, 9.17) is 4.74 Å². The van der Waals surface area contributed by atoms with E-state index in [1.165, 1.54) is 4.57 Å². The van der Waals surface area contributed by atoms with Gasteiger partial charge in [0, 0.05) is 31.7 Å². The quantitative estimate of drug-likeness (QED) is 0.565. The van der Waals surface area contributed by atoms with Crippen molar-refractivity contribution in [3.8, 4) is 0 Å². The summed E-state index contributed by atoms with van der Waals surface area (Å²) in [6.45, 7) is 7.11. The smallest absolute Gasteiger partial charge is 0.316 e. The fourth-order valence-electron chi connectivity index (χ4n) is 3.17. The van der Waals surface area contributed by atoms with E-state index in [9.17, 15) is 14.4 Å². The average Bonchev–Trinajstić information content (AvgIpc) is 2.66. The first kappa shape index (κ1) is 18.3. The summed E-state index contributed by atoms with van der Waals surface area (Å²) in [7, 11) is 0. The highest BCUT2D eigenvalue weighted by molar-refractivity contribution is 5.97. The third kappa shape index (κ3) is 4.03. The molecule has 8 nitrogen and oxygen atoms in total. The van der Waals surface area contributed by atoms with E-state index in [0.717, 1.165) is 39.3 Å². The maximum absolute atomic E-state index is 12.3. The van der Waals surface area contributed by atoms with Crippen LogP contribution in [-0.2, 0) is 11.3 Å². The van der Waals surface area contributed by atoms with Crippen molar-refractivity contribution in [1.29, 1.82) is 0 Å². The van der Waals surface area contributed by atoms with Crippen molar-refractivity contribution in [2.75, 3.05) is 39.4 Å². The summed E-state index contributed by atoms with van der Waals surface area (Å²) in [4.78, 5) is 40.8. The molecule has 0 radical (unpaired) electrons. The zero-order valence-corrected chi connectivity index (χ0v) is 14.9. The number of morpholine rings is 1. The molecule has 1 aliphatic rings. The van der Waals surface area contributed by atoms with Gasteiger partial charge in [0.25, 0.3) is 5.91 Å². The van der Waals surface area contributed by atoms with Crippen molar-refractivity contribution in [2.24, 2.45) is 0 Å². The Labute approximate surface area is 150 Å². The number of aromatic amines is 1. The monoisotopic (exact) mass is 360 g/mol. The van der Waals surface area contributed by atoms with Crippen LogP contribution < -0.4 is 16.4 Å². The van der Waals surface area contributed by atoms with E-state index >= 15 is 0 Å². The molecule has 140 valence electrons. The van der Waals surface area contributed by atoms with Crippen LogP contribution >= 0.6 is 0 Å². The summed E-state index contributed by atoms with van der Waals surface area (Å²) >= 11 is 0. The molecule has 1 aromatic heterocycles. The number of H-pyrrole nitrogens is 1. The summed E-state index contributed by atoms with van der Waals surface area (Å²) in [5, 5.41) is 2.90. The number of carbonyl (C=O) groups excluding carboxylic acids is 1. The Morgan fingerprint density at radius 1 is 1.27 bits per heavy atom. The van der Waals surface area contributed by atoms with E-state index in [0.29, 0.717) is 29.7 Å². The Kier molecular flexibility index (Phi) is 5.85. The third-order valence-electron chi connectivity index (χ3n) is 4.59. The molecule has 1 aromatic carbocycles. The summed E-state index contributed by atoms with van der Waals surface area (Å²) in [6.07, 6.45) is 0.867. The van der Waals surface area contributed by atoms with Gasteiger partial charge < -0.3 is 19.6 Å². The summed E-state index contributed by atoms with van der Waals surface area (Å²) in [6, 6.07) is 4.97. The third-order valence-corrected chi connectivity index (χ3v) is 4.59. The van der Waals surface area contributed by atoms with Gasteiger partial charge in [-0.1, -0.05) is 0 Å². The lowest BCUT2D eigenvalue weighted by atomic mass is 10.1. The Balaban J connectivity index is 1.64. The highest BCUT2D eigenvalue weighted by Crippen LogP contribution is 2.11. The second kappa shape index (κ2) is 8.29. The predicted molar refractivity (Wildman–Crippen MR) is 98.7 cm³/mol. The van der Waals surface area contributed by atoms with Crippen LogP contribution in [0.15, 0.2) is 27.8 Å². The van der Waals surface area contributed by atoms with Gasteiger partial charge in [-0.15, -0.1) is 0 Å². The number of hydrogen-bond acceptors (Lipinski definition) is 5. The molecule has 26 heavy (non-hydrogen) atoms. The van der Waals surface area contributed by atoms with Gasteiger partial charge in [0.15, 0.2) is 0 Å². The number of aryl methyl sites for hydroxylation is 1. The molecular weight excluding hydrogens is 336 g/mol. The van der Waals surface area contributed by atoms with Crippen LogP contribution in [0.3, 0.4) is 0 Å². The summed E-state index contributed by atoms with van der Waals surface area (Å²) < 4.78 is 6.71. The summed E-state index contributed by atoms with van der Waals surface area (Å²) in [5.74, 6) is -0.191. The molecule has 0 atom stereocenters. The van der Waals surface area contributed by atoms with Crippen LogP contribution in [-0.4, -0.2) is 59.8 Å². The number of nitrogens with one attached hydrogen (secondary N) is 2. The van der Waals surface area contributed by atoms with Gasteiger partial charge in [0.2, 0.25) is 0 Å². The number of hydrogen-bond donors (Lipinski definition) is 2. The lowest BCUT2D eigenvalue weighted by Crippen LogP contribution is -2.38. The van der Waals surface area contributed by atoms with E-state index < -0.39 is 11.1 Å². The van der Waals surface area contributed by atoms with Gasteiger partial charge in [-0.3, -0.25) is 19.3 Å². The fourth-order valence-corrected chi connectivity index (χ4v) is 3.17. The Bertz CT molecular complexity index is 896. The van der Waals surface area contributed by atoms with Gasteiger partial charge in [0.1, 0.15) is 0 Å². The molecule has 2 aromatic rings. The van der Waals surface area contributed by atoms with Crippen molar-refractivity contribution in [1.82, 2.24) is 19.8 Å². The molecule has 8 heteroatoms. The molecule has 2 N–H and O–H groups in total. The second-order valence-corrected chi connectivity index (χ2v) is 6.30. The molecule has 1 amide bonds. The molecule has 0 saturated carbocycles. The molecule has 1 saturated heterocycles. The van der Waals surface area contributed by atoms with E-state index in [1.54, 1.807) is 25.1 Å². The van der Waals surface area contributed by atoms with E-state index in [-0.39, 0.29) is 5.91 Å². The van der Waals surface area contributed by atoms with Crippen LogP contribution in [0.1, 0.15) is 23.7 Å². The van der Waals surface area contributed by atoms with Crippen LogP contribution in [0, 0.1) is 0 Å².